The van der Waals surface area contributed by atoms with Crippen LogP contribution >= 0.6 is 0 Å². The molecule has 0 aromatic rings. The standard InChI is InChI=1S/C6H14N2O2/c1-5(10)8(2)3-6(7)4-9/h6,9H,3-4,7H2,1-2H3. The van der Waals surface area contributed by atoms with Crippen LogP contribution in [0.5, 0.6) is 0 Å². The second-order valence-corrected chi connectivity index (χ2v) is 2.34. The van der Waals surface area contributed by atoms with Crippen LogP contribution in [-0.2, 0) is 4.79 Å². The minimum Gasteiger partial charge on any atom is -0.395 e. The molecule has 4 nitrogen and oxygen atoms in total. The van der Waals surface area contributed by atoms with Crippen molar-refractivity contribution in [2.45, 2.75) is 13.0 Å². The van der Waals surface area contributed by atoms with E-state index in [9.17, 15) is 4.79 Å². The Hall–Kier alpha value is -0.610. The molecule has 0 spiro atoms. The fraction of sp³-hybridized carbons (Fsp3) is 0.833. The van der Waals surface area contributed by atoms with Gasteiger partial charge < -0.3 is 15.7 Å². The summed E-state index contributed by atoms with van der Waals surface area (Å²) in [5.41, 5.74) is 5.37. The van der Waals surface area contributed by atoms with E-state index in [1.54, 1.807) is 7.05 Å². The van der Waals surface area contributed by atoms with Crippen LogP contribution in [0.3, 0.4) is 0 Å². The van der Waals surface area contributed by atoms with E-state index in [-0.39, 0.29) is 18.6 Å². The number of nitrogens with two attached hydrogens (primary N) is 1. The van der Waals surface area contributed by atoms with Crippen LogP contribution < -0.4 is 5.73 Å². The molecule has 0 rings (SSSR count). The van der Waals surface area contributed by atoms with E-state index in [4.69, 9.17) is 10.8 Å². The van der Waals surface area contributed by atoms with Crippen molar-refractivity contribution in [3.8, 4) is 0 Å². The van der Waals surface area contributed by atoms with Crippen LogP contribution in [0.2, 0.25) is 0 Å². The molecule has 0 saturated heterocycles. The minimum atomic E-state index is -0.325. The molecular weight excluding hydrogens is 132 g/mol. The lowest BCUT2D eigenvalue weighted by Crippen LogP contribution is -2.39. The number of hydrogen-bond acceptors (Lipinski definition) is 3. The number of rotatable bonds is 3. The first-order valence-electron chi connectivity index (χ1n) is 3.16. The van der Waals surface area contributed by atoms with E-state index >= 15 is 0 Å². The molecule has 0 aliphatic carbocycles. The first-order chi connectivity index (χ1) is 4.57. The van der Waals surface area contributed by atoms with Gasteiger partial charge in [0.1, 0.15) is 0 Å². The molecule has 0 aliphatic rings. The lowest BCUT2D eigenvalue weighted by atomic mass is 10.3. The number of likely N-dealkylation sites (N-methyl/N-ethyl adjacent to an activating group) is 1. The van der Waals surface area contributed by atoms with Gasteiger partial charge in [0.15, 0.2) is 0 Å². The molecule has 60 valence electrons. The van der Waals surface area contributed by atoms with Crippen molar-refractivity contribution in [2.24, 2.45) is 5.73 Å². The Balaban J connectivity index is 3.56. The lowest BCUT2D eigenvalue weighted by molar-refractivity contribution is -0.127. The average molecular weight is 146 g/mol. The minimum absolute atomic E-state index is 0.0381. The molecule has 0 aromatic heterocycles. The highest BCUT2D eigenvalue weighted by Crippen LogP contribution is 1.85. The Morgan fingerprint density at radius 2 is 2.30 bits per heavy atom. The van der Waals surface area contributed by atoms with E-state index in [0.29, 0.717) is 6.54 Å². The molecule has 0 bridgehead atoms. The van der Waals surface area contributed by atoms with Gasteiger partial charge in [-0.05, 0) is 0 Å². The summed E-state index contributed by atoms with van der Waals surface area (Å²) in [6.45, 7) is 1.79. The summed E-state index contributed by atoms with van der Waals surface area (Å²) in [6.07, 6.45) is 0. The van der Waals surface area contributed by atoms with Crippen LogP contribution in [0.15, 0.2) is 0 Å². The zero-order valence-electron chi connectivity index (χ0n) is 6.37. The molecule has 1 amide bonds. The number of carbonyl (C=O) groups is 1. The number of aliphatic hydroxyl groups excluding tert-OH is 1. The lowest BCUT2D eigenvalue weighted by Gasteiger charge is -2.17. The maximum absolute atomic E-state index is 10.6. The van der Waals surface area contributed by atoms with Crippen molar-refractivity contribution in [2.75, 3.05) is 20.2 Å². The maximum Gasteiger partial charge on any atom is 0.219 e. The number of aliphatic hydroxyl groups is 1. The molecule has 1 atom stereocenters. The van der Waals surface area contributed by atoms with Crippen molar-refractivity contribution in [1.29, 1.82) is 0 Å². The van der Waals surface area contributed by atoms with E-state index in [0.717, 1.165) is 0 Å². The zero-order valence-corrected chi connectivity index (χ0v) is 6.37. The molecule has 0 heterocycles. The molecule has 0 saturated carbocycles. The molecule has 0 aromatic carbocycles. The average Bonchev–Trinajstić information content (AvgIpc) is 1.87. The summed E-state index contributed by atoms with van der Waals surface area (Å²) in [4.78, 5) is 12.1. The van der Waals surface area contributed by atoms with Crippen LogP contribution in [-0.4, -0.2) is 42.2 Å². The van der Waals surface area contributed by atoms with Gasteiger partial charge in [-0.15, -0.1) is 0 Å². The molecule has 10 heavy (non-hydrogen) atoms. The monoisotopic (exact) mass is 146 g/mol. The van der Waals surface area contributed by atoms with Gasteiger partial charge in [0.05, 0.1) is 6.61 Å². The highest BCUT2D eigenvalue weighted by molar-refractivity contribution is 5.72. The second kappa shape index (κ2) is 4.24. The second-order valence-electron chi connectivity index (χ2n) is 2.34. The van der Waals surface area contributed by atoms with Crippen LogP contribution in [0.4, 0.5) is 0 Å². The highest BCUT2D eigenvalue weighted by Gasteiger charge is 2.06. The van der Waals surface area contributed by atoms with Crippen molar-refractivity contribution >= 4 is 5.91 Å². The third kappa shape index (κ3) is 3.42. The molecule has 1 unspecified atom stereocenters. The summed E-state index contributed by atoms with van der Waals surface area (Å²) < 4.78 is 0. The third-order valence-electron chi connectivity index (χ3n) is 1.28. The predicted molar refractivity (Wildman–Crippen MR) is 38.4 cm³/mol. The van der Waals surface area contributed by atoms with Crippen molar-refractivity contribution in [3.63, 3.8) is 0 Å². The Bertz CT molecular complexity index is 116. The molecular formula is C6H14N2O2. The molecule has 0 radical (unpaired) electrons. The normalized spacial score (nSPS) is 12.8. The summed E-state index contributed by atoms with van der Waals surface area (Å²) in [5, 5.41) is 8.50. The number of carbonyl (C=O) groups excluding carboxylic acids is 1. The SMILES string of the molecule is CC(=O)N(C)CC(N)CO. The summed E-state index contributed by atoms with van der Waals surface area (Å²) in [5.74, 6) is -0.0381. The molecule has 4 heteroatoms. The summed E-state index contributed by atoms with van der Waals surface area (Å²) in [7, 11) is 1.65. The van der Waals surface area contributed by atoms with E-state index in [2.05, 4.69) is 0 Å². The van der Waals surface area contributed by atoms with E-state index in [1.165, 1.54) is 11.8 Å². The van der Waals surface area contributed by atoms with Crippen molar-refractivity contribution < 1.29 is 9.90 Å². The number of amides is 1. The summed E-state index contributed by atoms with van der Waals surface area (Å²) >= 11 is 0. The van der Waals surface area contributed by atoms with Gasteiger partial charge >= 0.3 is 0 Å². The Kier molecular flexibility index (Phi) is 3.99. The fourth-order valence-electron chi connectivity index (χ4n) is 0.538. The van der Waals surface area contributed by atoms with E-state index < -0.39 is 0 Å². The van der Waals surface area contributed by atoms with Gasteiger partial charge in [-0.3, -0.25) is 4.79 Å². The Labute approximate surface area is 60.6 Å². The topological polar surface area (TPSA) is 66.6 Å². The van der Waals surface area contributed by atoms with Gasteiger partial charge in [0.2, 0.25) is 5.91 Å². The Morgan fingerprint density at radius 3 is 2.60 bits per heavy atom. The largest absolute Gasteiger partial charge is 0.395 e. The predicted octanol–water partition coefficient (Wildman–Crippen LogP) is -1.22. The Morgan fingerprint density at radius 1 is 1.80 bits per heavy atom. The van der Waals surface area contributed by atoms with Gasteiger partial charge in [-0.2, -0.15) is 0 Å². The van der Waals surface area contributed by atoms with Gasteiger partial charge in [-0.25, -0.2) is 0 Å². The van der Waals surface area contributed by atoms with Gasteiger partial charge in [0, 0.05) is 26.6 Å². The first kappa shape index (κ1) is 9.39. The van der Waals surface area contributed by atoms with Crippen molar-refractivity contribution in [1.82, 2.24) is 4.90 Å². The van der Waals surface area contributed by atoms with Crippen LogP contribution in [0.25, 0.3) is 0 Å². The van der Waals surface area contributed by atoms with Crippen molar-refractivity contribution in [3.05, 3.63) is 0 Å². The quantitative estimate of drug-likeness (QED) is 0.524. The van der Waals surface area contributed by atoms with Crippen LogP contribution in [0, 0.1) is 0 Å². The maximum atomic E-state index is 10.6. The first-order valence-corrected chi connectivity index (χ1v) is 3.16. The van der Waals surface area contributed by atoms with E-state index in [1.807, 2.05) is 0 Å². The summed E-state index contributed by atoms with van der Waals surface area (Å²) in [6, 6.07) is -0.325. The smallest absolute Gasteiger partial charge is 0.219 e. The highest BCUT2D eigenvalue weighted by atomic mass is 16.3. The van der Waals surface area contributed by atoms with Gasteiger partial charge in [0.25, 0.3) is 0 Å². The zero-order chi connectivity index (χ0) is 8.15. The van der Waals surface area contributed by atoms with Gasteiger partial charge in [-0.1, -0.05) is 0 Å². The third-order valence-corrected chi connectivity index (χ3v) is 1.28. The fourth-order valence-corrected chi connectivity index (χ4v) is 0.538. The molecule has 0 aliphatic heterocycles. The number of hydrogen-bond donors (Lipinski definition) is 2. The van der Waals surface area contributed by atoms with Crippen LogP contribution in [0.1, 0.15) is 6.92 Å². The molecule has 0 fully saturated rings. The number of nitrogens with zero attached hydrogens (tertiary/aromatic N) is 1. The molecule has 3 N–H and O–H groups in total.